The lowest BCUT2D eigenvalue weighted by Gasteiger charge is -2.47. The van der Waals surface area contributed by atoms with Gasteiger partial charge in [-0.25, -0.2) is 0 Å². The summed E-state index contributed by atoms with van der Waals surface area (Å²) in [4.78, 5) is 12.2. The van der Waals surface area contributed by atoms with E-state index < -0.39 is 0 Å². The van der Waals surface area contributed by atoms with Crippen molar-refractivity contribution in [3.8, 4) is 5.75 Å². The van der Waals surface area contributed by atoms with Crippen molar-refractivity contribution in [3.63, 3.8) is 0 Å². The number of carbonyl (C=O) groups excluding carboxylic acids is 1. The van der Waals surface area contributed by atoms with Gasteiger partial charge >= 0.3 is 0 Å². The molecule has 2 aliphatic rings. The third kappa shape index (κ3) is 2.25. The molecule has 0 bridgehead atoms. The molecule has 0 aromatic heterocycles. The molecule has 0 radical (unpaired) electrons. The Hall–Kier alpha value is -1.31. The molecule has 1 spiro atoms. The maximum absolute atomic E-state index is 12.2. The van der Waals surface area contributed by atoms with Crippen molar-refractivity contribution in [1.29, 1.82) is 0 Å². The van der Waals surface area contributed by atoms with Gasteiger partial charge in [0.25, 0.3) is 0 Å². The zero-order valence-corrected chi connectivity index (χ0v) is 12.6. The first-order valence-corrected chi connectivity index (χ1v) is 7.89. The third-order valence-electron chi connectivity index (χ3n) is 5.15. The normalized spacial score (nSPS) is 25.1. The predicted octanol–water partition coefficient (Wildman–Crippen LogP) is 4.36. The molecule has 20 heavy (non-hydrogen) atoms. The summed E-state index contributed by atoms with van der Waals surface area (Å²) in [5.41, 5.74) is 2.22. The van der Waals surface area contributed by atoms with E-state index in [1.54, 1.807) is 0 Å². The van der Waals surface area contributed by atoms with Gasteiger partial charge in [-0.2, -0.15) is 0 Å². The van der Waals surface area contributed by atoms with Crippen LogP contribution in [0.4, 0.5) is 0 Å². The Morgan fingerprint density at radius 1 is 1.10 bits per heavy atom. The lowest BCUT2D eigenvalue weighted by molar-refractivity contribution is -0.154. The van der Waals surface area contributed by atoms with Gasteiger partial charge in [-0.05, 0) is 43.9 Å². The second-order valence-corrected chi connectivity index (χ2v) is 6.57. The van der Waals surface area contributed by atoms with Crippen LogP contribution in [-0.2, 0) is 4.79 Å². The van der Waals surface area contributed by atoms with Gasteiger partial charge in [-0.1, -0.05) is 37.8 Å². The highest BCUT2D eigenvalue weighted by molar-refractivity contribution is 5.92. The predicted molar refractivity (Wildman–Crippen MR) is 80.1 cm³/mol. The molecule has 2 saturated carbocycles. The van der Waals surface area contributed by atoms with Crippen molar-refractivity contribution in [3.05, 3.63) is 29.3 Å². The molecule has 0 aliphatic heterocycles. The fourth-order valence-corrected chi connectivity index (χ4v) is 3.72. The quantitative estimate of drug-likeness (QED) is 0.799. The Labute approximate surface area is 121 Å². The van der Waals surface area contributed by atoms with Gasteiger partial charge in [0.15, 0.2) is 0 Å². The zero-order chi connectivity index (χ0) is 14.2. The molecular weight excluding hydrogens is 248 g/mol. The Morgan fingerprint density at radius 3 is 2.45 bits per heavy atom. The van der Waals surface area contributed by atoms with Crippen LogP contribution < -0.4 is 4.74 Å². The molecule has 0 heterocycles. The van der Waals surface area contributed by atoms with Crippen molar-refractivity contribution in [1.82, 2.24) is 0 Å². The third-order valence-corrected chi connectivity index (χ3v) is 5.15. The topological polar surface area (TPSA) is 26.3 Å². The minimum atomic E-state index is -0.160. The summed E-state index contributed by atoms with van der Waals surface area (Å²) >= 11 is 0. The molecule has 0 saturated heterocycles. The Kier molecular flexibility index (Phi) is 3.57. The number of hydrogen-bond acceptors (Lipinski definition) is 2. The lowest BCUT2D eigenvalue weighted by atomic mass is 9.60. The summed E-state index contributed by atoms with van der Waals surface area (Å²) in [6.07, 6.45) is 7.66. The molecule has 2 nitrogen and oxygen atoms in total. The molecule has 0 N–H and O–H groups in total. The average Bonchev–Trinajstić information content (AvgIpc) is 2.70. The van der Waals surface area contributed by atoms with E-state index in [1.165, 1.54) is 36.8 Å². The number of benzene rings is 1. The maximum atomic E-state index is 12.2. The van der Waals surface area contributed by atoms with Gasteiger partial charge in [0.05, 0.1) is 5.41 Å². The molecular formula is C18H24O2. The molecule has 1 unspecified atom stereocenters. The molecule has 1 atom stereocenters. The van der Waals surface area contributed by atoms with Crippen LogP contribution in [0.5, 0.6) is 5.75 Å². The summed E-state index contributed by atoms with van der Waals surface area (Å²) in [7, 11) is 0. The summed E-state index contributed by atoms with van der Waals surface area (Å²) < 4.78 is 6.26. The minimum Gasteiger partial charge on any atom is -0.489 e. The first-order valence-electron chi connectivity index (χ1n) is 7.89. The van der Waals surface area contributed by atoms with Crippen LogP contribution in [0.25, 0.3) is 0 Å². The average molecular weight is 272 g/mol. The number of ether oxygens (including phenoxy) is 1. The van der Waals surface area contributed by atoms with E-state index in [2.05, 4.69) is 32.0 Å². The standard InChI is InChI=1S/C18H24O2/c1-13-7-8-14(2)15(11-13)20-17-12-16(19)18(17)9-5-3-4-6-10-18/h7-8,11,17H,3-6,9-10,12H2,1-2H3. The number of carbonyl (C=O) groups is 1. The molecule has 3 rings (SSSR count). The van der Waals surface area contributed by atoms with E-state index in [4.69, 9.17) is 4.74 Å². The Bertz CT molecular complexity index is 510. The maximum Gasteiger partial charge on any atom is 0.146 e. The van der Waals surface area contributed by atoms with E-state index in [0.717, 1.165) is 18.6 Å². The first-order chi connectivity index (χ1) is 9.62. The second kappa shape index (κ2) is 5.23. The van der Waals surface area contributed by atoms with Crippen molar-refractivity contribution >= 4 is 5.78 Å². The van der Waals surface area contributed by atoms with Crippen LogP contribution in [0.15, 0.2) is 18.2 Å². The van der Waals surface area contributed by atoms with Crippen LogP contribution in [0.3, 0.4) is 0 Å². The van der Waals surface area contributed by atoms with E-state index >= 15 is 0 Å². The largest absolute Gasteiger partial charge is 0.489 e. The van der Waals surface area contributed by atoms with E-state index in [9.17, 15) is 4.79 Å². The molecule has 1 aromatic carbocycles. The van der Waals surface area contributed by atoms with Crippen molar-refractivity contribution in [2.45, 2.75) is 64.9 Å². The zero-order valence-electron chi connectivity index (χ0n) is 12.6. The van der Waals surface area contributed by atoms with Gasteiger partial charge < -0.3 is 4.74 Å². The van der Waals surface area contributed by atoms with Gasteiger partial charge in [0.1, 0.15) is 17.6 Å². The summed E-state index contributed by atoms with van der Waals surface area (Å²) in [5, 5.41) is 0. The van der Waals surface area contributed by atoms with Crippen LogP contribution >= 0.6 is 0 Å². The molecule has 2 aliphatic carbocycles. The Morgan fingerprint density at radius 2 is 1.80 bits per heavy atom. The number of hydrogen-bond donors (Lipinski definition) is 0. The van der Waals surface area contributed by atoms with Crippen molar-refractivity contribution in [2.24, 2.45) is 5.41 Å². The molecule has 1 aromatic rings. The fraction of sp³-hybridized carbons (Fsp3) is 0.611. The Balaban J connectivity index is 1.80. The van der Waals surface area contributed by atoms with Gasteiger partial charge in [0.2, 0.25) is 0 Å². The number of aryl methyl sites for hydroxylation is 2. The van der Waals surface area contributed by atoms with E-state index in [-0.39, 0.29) is 11.5 Å². The monoisotopic (exact) mass is 272 g/mol. The molecule has 2 fully saturated rings. The summed E-state index contributed by atoms with van der Waals surface area (Å²) in [6, 6.07) is 6.31. The van der Waals surface area contributed by atoms with E-state index in [0.29, 0.717) is 12.2 Å². The first kappa shape index (κ1) is 13.7. The van der Waals surface area contributed by atoms with Gasteiger partial charge in [-0.3, -0.25) is 4.79 Å². The van der Waals surface area contributed by atoms with E-state index in [1.807, 2.05) is 0 Å². The van der Waals surface area contributed by atoms with Crippen LogP contribution in [-0.4, -0.2) is 11.9 Å². The van der Waals surface area contributed by atoms with Gasteiger partial charge in [-0.15, -0.1) is 0 Å². The summed E-state index contributed by atoms with van der Waals surface area (Å²) in [6.45, 7) is 4.16. The number of ketones is 1. The smallest absolute Gasteiger partial charge is 0.146 e. The fourth-order valence-electron chi connectivity index (χ4n) is 3.72. The number of Topliss-reactive ketones (excluding diaryl/α,β-unsaturated/α-hetero) is 1. The molecule has 2 heteroatoms. The minimum absolute atomic E-state index is 0.105. The SMILES string of the molecule is Cc1ccc(C)c(OC2CC(=O)C23CCCCCC3)c1. The highest BCUT2D eigenvalue weighted by atomic mass is 16.5. The van der Waals surface area contributed by atoms with Crippen LogP contribution in [0, 0.1) is 19.3 Å². The highest BCUT2D eigenvalue weighted by Crippen LogP contribution is 2.49. The molecule has 0 amide bonds. The molecule has 108 valence electrons. The van der Waals surface area contributed by atoms with Crippen molar-refractivity contribution in [2.75, 3.05) is 0 Å². The lowest BCUT2D eigenvalue weighted by Crippen LogP contribution is -2.56. The summed E-state index contributed by atoms with van der Waals surface area (Å²) in [5.74, 6) is 1.40. The van der Waals surface area contributed by atoms with Crippen LogP contribution in [0.2, 0.25) is 0 Å². The number of rotatable bonds is 2. The van der Waals surface area contributed by atoms with Crippen molar-refractivity contribution < 1.29 is 9.53 Å². The highest BCUT2D eigenvalue weighted by Gasteiger charge is 2.55. The van der Waals surface area contributed by atoms with Crippen LogP contribution in [0.1, 0.15) is 56.1 Å². The van der Waals surface area contributed by atoms with Gasteiger partial charge in [0, 0.05) is 6.42 Å². The second-order valence-electron chi connectivity index (χ2n) is 6.57.